The van der Waals surface area contributed by atoms with Crippen LogP contribution in [0.15, 0.2) is 24.5 Å². The molecule has 0 saturated carbocycles. The van der Waals surface area contributed by atoms with Crippen molar-refractivity contribution in [3.05, 3.63) is 30.1 Å². The SMILES string of the molecule is COCCNC(=O)Nc1cc(-n2cnnn2)ccc1C. The van der Waals surface area contributed by atoms with Crippen LogP contribution in [0, 0.1) is 6.92 Å². The van der Waals surface area contributed by atoms with Gasteiger partial charge in [-0.05, 0) is 35.0 Å². The number of benzene rings is 1. The van der Waals surface area contributed by atoms with E-state index in [4.69, 9.17) is 4.74 Å². The average Bonchev–Trinajstić information content (AvgIpc) is 2.95. The molecule has 1 aromatic carbocycles. The molecule has 2 N–H and O–H groups in total. The van der Waals surface area contributed by atoms with E-state index in [1.807, 2.05) is 25.1 Å². The topological polar surface area (TPSA) is 94.0 Å². The van der Waals surface area contributed by atoms with Crippen LogP contribution in [0.5, 0.6) is 0 Å². The van der Waals surface area contributed by atoms with E-state index in [2.05, 4.69) is 26.2 Å². The fourth-order valence-electron chi connectivity index (χ4n) is 1.60. The van der Waals surface area contributed by atoms with E-state index >= 15 is 0 Å². The van der Waals surface area contributed by atoms with E-state index < -0.39 is 0 Å². The lowest BCUT2D eigenvalue weighted by molar-refractivity contribution is 0.198. The summed E-state index contributed by atoms with van der Waals surface area (Å²) in [5, 5.41) is 16.4. The van der Waals surface area contributed by atoms with Crippen LogP contribution < -0.4 is 10.6 Å². The molecule has 0 atom stereocenters. The molecule has 8 heteroatoms. The van der Waals surface area contributed by atoms with Gasteiger partial charge in [0.1, 0.15) is 6.33 Å². The summed E-state index contributed by atoms with van der Waals surface area (Å²) in [4.78, 5) is 11.7. The van der Waals surface area contributed by atoms with Gasteiger partial charge in [0.05, 0.1) is 12.3 Å². The molecule has 0 aliphatic carbocycles. The van der Waals surface area contributed by atoms with E-state index in [9.17, 15) is 4.79 Å². The summed E-state index contributed by atoms with van der Waals surface area (Å²) in [7, 11) is 1.58. The molecule has 2 amide bonds. The third-order valence-electron chi connectivity index (χ3n) is 2.67. The number of ether oxygens (including phenoxy) is 1. The molecule has 0 bridgehead atoms. The van der Waals surface area contributed by atoms with Crippen molar-refractivity contribution in [2.45, 2.75) is 6.92 Å². The summed E-state index contributed by atoms with van der Waals surface area (Å²) >= 11 is 0. The lowest BCUT2D eigenvalue weighted by Crippen LogP contribution is -2.31. The second-order valence-electron chi connectivity index (χ2n) is 4.13. The zero-order valence-corrected chi connectivity index (χ0v) is 11.3. The molecular formula is C12H16N6O2. The van der Waals surface area contributed by atoms with Gasteiger partial charge in [-0.1, -0.05) is 6.07 Å². The Balaban J connectivity index is 2.07. The van der Waals surface area contributed by atoms with E-state index in [-0.39, 0.29) is 6.03 Å². The monoisotopic (exact) mass is 276 g/mol. The number of tetrazole rings is 1. The predicted octanol–water partition coefficient (Wildman–Crippen LogP) is 0.739. The summed E-state index contributed by atoms with van der Waals surface area (Å²) in [6.07, 6.45) is 1.49. The number of nitrogens with one attached hydrogen (secondary N) is 2. The fraction of sp³-hybridized carbons (Fsp3) is 0.333. The van der Waals surface area contributed by atoms with Crippen molar-refractivity contribution >= 4 is 11.7 Å². The molecule has 0 fully saturated rings. The van der Waals surface area contributed by atoms with Gasteiger partial charge in [-0.3, -0.25) is 0 Å². The first-order valence-corrected chi connectivity index (χ1v) is 6.08. The van der Waals surface area contributed by atoms with E-state index in [1.54, 1.807) is 7.11 Å². The minimum absolute atomic E-state index is 0.279. The Morgan fingerprint density at radius 2 is 2.30 bits per heavy atom. The third kappa shape index (κ3) is 3.51. The van der Waals surface area contributed by atoms with Crippen LogP contribution in [0.1, 0.15) is 5.56 Å². The van der Waals surface area contributed by atoms with Crippen molar-refractivity contribution in [1.82, 2.24) is 25.5 Å². The van der Waals surface area contributed by atoms with Gasteiger partial charge in [0, 0.05) is 19.3 Å². The van der Waals surface area contributed by atoms with Crippen LogP contribution in [0.2, 0.25) is 0 Å². The Morgan fingerprint density at radius 3 is 3.00 bits per heavy atom. The lowest BCUT2D eigenvalue weighted by atomic mass is 10.2. The van der Waals surface area contributed by atoms with Gasteiger partial charge in [-0.15, -0.1) is 5.10 Å². The predicted molar refractivity (Wildman–Crippen MR) is 72.8 cm³/mol. The number of hydrogen-bond acceptors (Lipinski definition) is 5. The van der Waals surface area contributed by atoms with Gasteiger partial charge in [0.25, 0.3) is 0 Å². The second kappa shape index (κ2) is 6.62. The van der Waals surface area contributed by atoms with Gasteiger partial charge in [-0.25, -0.2) is 9.48 Å². The van der Waals surface area contributed by atoms with E-state index in [1.165, 1.54) is 11.0 Å². The second-order valence-corrected chi connectivity index (χ2v) is 4.13. The third-order valence-corrected chi connectivity index (χ3v) is 2.67. The number of hydrogen-bond donors (Lipinski definition) is 2. The molecule has 2 aromatic rings. The first kappa shape index (κ1) is 13.9. The summed E-state index contributed by atoms with van der Waals surface area (Å²) in [5.74, 6) is 0. The number of nitrogens with zero attached hydrogens (tertiary/aromatic N) is 4. The van der Waals surface area contributed by atoms with E-state index in [0.717, 1.165) is 11.3 Å². The van der Waals surface area contributed by atoms with Crippen molar-refractivity contribution in [3.8, 4) is 5.69 Å². The number of rotatable bonds is 5. The van der Waals surface area contributed by atoms with Crippen LogP contribution in [0.3, 0.4) is 0 Å². The first-order valence-electron chi connectivity index (χ1n) is 6.08. The Hall–Kier alpha value is -2.48. The van der Waals surface area contributed by atoms with Crippen LogP contribution in [0.4, 0.5) is 10.5 Å². The highest BCUT2D eigenvalue weighted by Gasteiger charge is 2.06. The van der Waals surface area contributed by atoms with Crippen molar-refractivity contribution in [2.75, 3.05) is 25.6 Å². The van der Waals surface area contributed by atoms with Gasteiger partial charge >= 0.3 is 6.03 Å². The Labute approximate surface area is 116 Å². The molecule has 1 aromatic heterocycles. The van der Waals surface area contributed by atoms with Gasteiger partial charge in [-0.2, -0.15) is 0 Å². The first-order chi connectivity index (χ1) is 9.70. The van der Waals surface area contributed by atoms with E-state index in [0.29, 0.717) is 18.8 Å². The largest absolute Gasteiger partial charge is 0.383 e. The number of aromatic nitrogens is 4. The van der Waals surface area contributed by atoms with Crippen LogP contribution in [-0.2, 0) is 4.74 Å². The maximum Gasteiger partial charge on any atom is 0.319 e. The maximum absolute atomic E-state index is 11.7. The molecule has 0 radical (unpaired) electrons. The normalized spacial score (nSPS) is 10.3. The maximum atomic E-state index is 11.7. The number of carbonyl (C=O) groups is 1. The lowest BCUT2D eigenvalue weighted by Gasteiger charge is -2.11. The molecule has 106 valence electrons. The van der Waals surface area contributed by atoms with Gasteiger partial charge in [0.15, 0.2) is 0 Å². The minimum Gasteiger partial charge on any atom is -0.383 e. The summed E-state index contributed by atoms with van der Waals surface area (Å²) in [5.41, 5.74) is 2.42. The van der Waals surface area contributed by atoms with Crippen molar-refractivity contribution in [1.29, 1.82) is 0 Å². The average molecular weight is 276 g/mol. The number of carbonyl (C=O) groups excluding carboxylic acids is 1. The Bertz CT molecular complexity index is 569. The number of urea groups is 1. The summed E-state index contributed by atoms with van der Waals surface area (Å²) in [6, 6.07) is 5.29. The zero-order chi connectivity index (χ0) is 14.4. The number of amides is 2. The number of methoxy groups -OCH3 is 1. The molecular weight excluding hydrogens is 260 g/mol. The summed E-state index contributed by atoms with van der Waals surface area (Å²) in [6.45, 7) is 2.83. The van der Waals surface area contributed by atoms with Crippen LogP contribution >= 0.6 is 0 Å². The molecule has 0 saturated heterocycles. The standard InChI is InChI=1S/C12H16N6O2/c1-9-3-4-10(18-8-14-16-17-18)7-11(9)15-12(19)13-5-6-20-2/h3-4,7-8H,5-6H2,1-2H3,(H2,13,15,19). The highest BCUT2D eigenvalue weighted by atomic mass is 16.5. The fourth-order valence-corrected chi connectivity index (χ4v) is 1.60. The van der Waals surface area contributed by atoms with Crippen molar-refractivity contribution in [3.63, 3.8) is 0 Å². The van der Waals surface area contributed by atoms with Crippen molar-refractivity contribution in [2.24, 2.45) is 0 Å². The quantitative estimate of drug-likeness (QED) is 0.785. The number of aryl methyl sites for hydroxylation is 1. The smallest absolute Gasteiger partial charge is 0.319 e. The van der Waals surface area contributed by atoms with Gasteiger partial charge < -0.3 is 15.4 Å². The molecule has 8 nitrogen and oxygen atoms in total. The molecule has 0 unspecified atom stereocenters. The zero-order valence-electron chi connectivity index (χ0n) is 11.3. The van der Waals surface area contributed by atoms with Crippen molar-refractivity contribution < 1.29 is 9.53 Å². The molecule has 0 spiro atoms. The minimum atomic E-state index is -0.279. The van der Waals surface area contributed by atoms with Crippen LogP contribution in [-0.4, -0.2) is 46.5 Å². The highest BCUT2D eigenvalue weighted by Crippen LogP contribution is 2.18. The molecule has 0 aliphatic heterocycles. The summed E-state index contributed by atoms with van der Waals surface area (Å²) < 4.78 is 6.39. The number of anilines is 1. The highest BCUT2D eigenvalue weighted by molar-refractivity contribution is 5.90. The molecule has 0 aliphatic rings. The molecule has 2 rings (SSSR count). The molecule has 1 heterocycles. The molecule has 20 heavy (non-hydrogen) atoms. The Morgan fingerprint density at radius 1 is 1.45 bits per heavy atom. The Kier molecular flexibility index (Phi) is 4.61. The van der Waals surface area contributed by atoms with Crippen LogP contribution in [0.25, 0.3) is 5.69 Å². The van der Waals surface area contributed by atoms with Gasteiger partial charge in [0.2, 0.25) is 0 Å².